The van der Waals surface area contributed by atoms with Crippen molar-refractivity contribution in [2.45, 2.75) is 0 Å². The van der Waals surface area contributed by atoms with Crippen LogP contribution in [-0.2, 0) is 0 Å². The summed E-state index contributed by atoms with van der Waals surface area (Å²) in [5.74, 6) is 0.653. The van der Waals surface area contributed by atoms with Crippen LogP contribution in [0.25, 0.3) is 26.9 Å². The van der Waals surface area contributed by atoms with Gasteiger partial charge in [-0.1, -0.05) is 63.1 Å². The standard InChI is InChI=1S/C15H8BrClN4S/c16-10-7-5-9(6-8-10)14-20-21-13(18-19-15(21)22-14)11-3-1-2-4-12(11)17/h1-8H. The third-order valence-corrected chi connectivity index (χ3v) is 5.00. The molecule has 0 amide bonds. The molecule has 0 spiro atoms. The van der Waals surface area contributed by atoms with E-state index >= 15 is 0 Å². The fourth-order valence-electron chi connectivity index (χ4n) is 2.14. The van der Waals surface area contributed by atoms with Gasteiger partial charge in [0.2, 0.25) is 4.96 Å². The highest BCUT2D eigenvalue weighted by molar-refractivity contribution is 9.10. The number of hydrogen-bond donors (Lipinski definition) is 0. The molecule has 0 unspecified atom stereocenters. The van der Waals surface area contributed by atoms with Crippen LogP contribution in [0.15, 0.2) is 53.0 Å². The number of halogens is 2. The monoisotopic (exact) mass is 390 g/mol. The molecule has 2 aromatic heterocycles. The Bertz CT molecular complexity index is 961. The summed E-state index contributed by atoms with van der Waals surface area (Å²) < 4.78 is 2.78. The molecule has 0 saturated heterocycles. The van der Waals surface area contributed by atoms with E-state index in [4.69, 9.17) is 11.6 Å². The molecular formula is C15H8BrClN4S. The highest BCUT2D eigenvalue weighted by Gasteiger charge is 2.16. The van der Waals surface area contributed by atoms with Gasteiger partial charge in [0, 0.05) is 15.6 Å². The third-order valence-electron chi connectivity index (χ3n) is 3.20. The average Bonchev–Trinajstić information content (AvgIpc) is 3.09. The van der Waals surface area contributed by atoms with Crippen molar-refractivity contribution >= 4 is 43.8 Å². The Morgan fingerprint density at radius 2 is 1.77 bits per heavy atom. The second kappa shape index (κ2) is 5.46. The zero-order chi connectivity index (χ0) is 15.1. The van der Waals surface area contributed by atoms with Gasteiger partial charge in [0.25, 0.3) is 0 Å². The second-order valence-corrected chi connectivity index (χ2v) is 6.89. The number of rotatable bonds is 2. The molecule has 0 aliphatic heterocycles. The molecule has 0 N–H and O–H groups in total. The summed E-state index contributed by atoms with van der Waals surface area (Å²) in [6.45, 7) is 0. The van der Waals surface area contributed by atoms with Gasteiger partial charge in [0.05, 0.1) is 5.02 Å². The van der Waals surface area contributed by atoms with Crippen molar-refractivity contribution in [3.8, 4) is 22.0 Å². The Kier molecular flexibility index (Phi) is 3.44. The van der Waals surface area contributed by atoms with Crippen molar-refractivity contribution in [1.29, 1.82) is 0 Å². The van der Waals surface area contributed by atoms with E-state index in [0.717, 1.165) is 25.6 Å². The van der Waals surface area contributed by atoms with Crippen molar-refractivity contribution in [2.24, 2.45) is 0 Å². The van der Waals surface area contributed by atoms with E-state index in [-0.39, 0.29) is 0 Å². The number of aromatic nitrogens is 4. The van der Waals surface area contributed by atoms with E-state index in [2.05, 4.69) is 31.2 Å². The normalized spacial score (nSPS) is 11.2. The second-order valence-electron chi connectivity index (χ2n) is 4.61. The molecule has 0 bridgehead atoms. The van der Waals surface area contributed by atoms with Gasteiger partial charge < -0.3 is 0 Å². The smallest absolute Gasteiger partial charge is 0.182 e. The molecule has 2 heterocycles. The molecule has 0 fully saturated rings. The van der Waals surface area contributed by atoms with Gasteiger partial charge in [-0.3, -0.25) is 0 Å². The first-order valence-electron chi connectivity index (χ1n) is 6.45. The summed E-state index contributed by atoms with van der Waals surface area (Å²) >= 11 is 11.2. The molecule has 0 aliphatic carbocycles. The predicted octanol–water partition coefficient (Wildman–Crippen LogP) is 4.94. The van der Waals surface area contributed by atoms with E-state index in [0.29, 0.717) is 10.8 Å². The van der Waals surface area contributed by atoms with E-state index < -0.39 is 0 Å². The maximum atomic E-state index is 6.25. The van der Waals surface area contributed by atoms with Crippen LogP contribution in [0.4, 0.5) is 0 Å². The molecule has 4 rings (SSSR count). The van der Waals surface area contributed by atoms with Crippen LogP contribution < -0.4 is 0 Å². The van der Waals surface area contributed by atoms with Crippen molar-refractivity contribution in [3.05, 3.63) is 58.0 Å². The third kappa shape index (κ3) is 2.33. The van der Waals surface area contributed by atoms with Gasteiger partial charge >= 0.3 is 0 Å². The largest absolute Gasteiger partial charge is 0.235 e. The zero-order valence-electron chi connectivity index (χ0n) is 11.1. The Labute approximate surface area is 143 Å². The predicted molar refractivity (Wildman–Crippen MR) is 92.2 cm³/mol. The molecule has 4 nitrogen and oxygen atoms in total. The minimum Gasteiger partial charge on any atom is -0.182 e. The SMILES string of the molecule is Clc1ccccc1-c1nnc2sc(-c3ccc(Br)cc3)nn12. The Morgan fingerprint density at radius 1 is 1.00 bits per heavy atom. The van der Waals surface area contributed by atoms with Gasteiger partial charge in [0.1, 0.15) is 5.01 Å². The molecule has 0 saturated carbocycles. The van der Waals surface area contributed by atoms with Gasteiger partial charge in [0.15, 0.2) is 5.82 Å². The summed E-state index contributed by atoms with van der Waals surface area (Å²) in [7, 11) is 0. The molecular weight excluding hydrogens is 384 g/mol. The van der Waals surface area contributed by atoms with Crippen LogP contribution in [0.1, 0.15) is 0 Å². The van der Waals surface area contributed by atoms with Crippen molar-refractivity contribution < 1.29 is 0 Å². The number of benzene rings is 2. The molecule has 0 aliphatic rings. The fraction of sp³-hybridized carbons (Fsp3) is 0. The highest BCUT2D eigenvalue weighted by Crippen LogP contribution is 2.31. The Balaban J connectivity index is 1.86. The van der Waals surface area contributed by atoms with E-state index in [1.807, 2.05) is 48.5 Å². The molecule has 0 radical (unpaired) electrons. The molecule has 0 atom stereocenters. The van der Waals surface area contributed by atoms with Gasteiger partial charge in [-0.2, -0.15) is 9.61 Å². The maximum absolute atomic E-state index is 6.25. The Morgan fingerprint density at radius 3 is 2.55 bits per heavy atom. The molecule has 7 heteroatoms. The van der Waals surface area contributed by atoms with Crippen LogP contribution >= 0.6 is 38.9 Å². The van der Waals surface area contributed by atoms with Crippen molar-refractivity contribution in [3.63, 3.8) is 0 Å². The van der Waals surface area contributed by atoms with E-state index in [1.165, 1.54) is 11.3 Å². The van der Waals surface area contributed by atoms with Gasteiger partial charge in [-0.25, -0.2) is 0 Å². The molecule has 2 aromatic carbocycles. The van der Waals surface area contributed by atoms with Crippen LogP contribution in [0.5, 0.6) is 0 Å². The summed E-state index contributed by atoms with van der Waals surface area (Å²) in [5.41, 5.74) is 1.87. The lowest BCUT2D eigenvalue weighted by atomic mass is 10.2. The summed E-state index contributed by atoms with van der Waals surface area (Å²) in [6.07, 6.45) is 0. The summed E-state index contributed by atoms with van der Waals surface area (Å²) in [6, 6.07) is 15.6. The maximum Gasteiger partial charge on any atom is 0.235 e. The van der Waals surface area contributed by atoms with Crippen molar-refractivity contribution in [2.75, 3.05) is 0 Å². The average molecular weight is 392 g/mol. The quantitative estimate of drug-likeness (QED) is 0.486. The van der Waals surface area contributed by atoms with Crippen LogP contribution in [0, 0.1) is 0 Å². The van der Waals surface area contributed by atoms with Crippen LogP contribution in [-0.4, -0.2) is 19.8 Å². The Hall–Kier alpha value is -1.76. The zero-order valence-corrected chi connectivity index (χ0v) is 14.2. The van der Waals surface area contributed by atoms with Crippen molar-refractivity contribution in [1.82, 2.24) is 19.8 Å². The number of fused-ring (bicyclic) bond motifs is 1. The summed E-state index contributed by atoms with van der Waals surface area (Å²) in [5, 5.41) is 14.6. The number of nitrogens with zero attached hydrogens (tertiary/aromatic N) is 4. The lowest BCUT2D eigenvalue weighted by Gasteiger charge is -1.99. The minimum absolute atomic E-state index is 0.634. The molecule has 4 aromatic rings. The first-order valence-corrected chi connectivity index (χ1v) is 8.44. The lowest BCUT2D eigenvalue weighted by Crippen LogP contribution is -1.91. The van der Waals surface area contributed by atoms with E-state index in [9.17, 15) is 0 Å². The first-order chi connectivity index (χ1) is 10.7. The van der Waals surface area contributed by atoms with Crippen LogP contribution in [0.3, 0.4) is 0 Å². The molecule has 22 heavy (non-hydrogen) atoms. The first kappa shape index (κ1) is 13.9. The van der Waals surface area contributed by atoms with Gasteiger partial charge in [-0.05, 0) is 24.3 Å². The lowest BCUT2D eigenvalue weighted by molar-refractivity contribution is 0.971. The fourth-order valence-corrected chi connectivity index (χ4v) is 3.47. The molecule has 108 valence electrons. The van der Waals surface area contributed by atoms with E-state index in [1.54, 1.807) is 4.52 Å². The van der Waals surface area contributed by atoms with Gasteiger partial charge in [-0.15, -0.1) is 10.2 Å². The number of hydrogen-bond acceptors (Lipinski definition) is 4. The highest BCUT2D eigenvalue weighted by atomic mass is 79.9. The minimum atomic E-state index is 0.634. The summed E-state index contributed by atoms with van der Waals surface area (Å²) in [4.78, 5) is 0.743. The van der Waals surface area contributed by atoms with Crippen LogP contribution in [0.2, 0.25) is 5.02 Å². The topological polar surface area (TPSA) is 43.1 Å².